The molecule has 7 nitrogen and oxygen atoms in total. The Kier molecular flexibility index (Phi) is 4.91. The van der Waals surface area contributed by atoms with Crippen LogP contribution in [0, 0.1) is 0 Å². The van der Waals surface area contributed by atoms with Crippen molar-refractivity contribution in [1.29, 1.82) is 0 Å². The van der Waals surface area contributed by atoms with Crippen LogP contribution < -0.4 is 10.6 Å². The van der Waals surface area contributed by atoms with Gasteiger partial charge in [0.15, 0.2) is 11.7 Å². The molecule has 1 aromatic carbocycles. The highest BCUT2D eigenvalue weighted by molar-refractivity contribution is 5.93. The molecule has 166 valence electrons. The summed E-state index contributed by atoms with van der Waals surface area (Å²) in [7, 11) is 0. The molecule has 10 heteroatoms. The summed E-state index contributed by atoms with van der Waals surface area (Å²) in [6, 6.07) is 9.89. The Hall–Kier alpha value is -3.69. The predicted octanol–water partition coefficient (Wildman–Crippen LogP) is 4.59. The minimum absolute atomic E-state index is 0.0687. The Morgan fingerprint density at radius 1 is 1.25 bits per heavy atom. The minimum atomic E-state index is -4.52. The zero-order chi connectivity index (χ0) is 22.3. The summed E-state index contributed by atoms with van der Waals surface area (Å²) in [5.74, 6) is 0.00204. The standard InChI is InChI=1S/C22H20F3N5O2/c23-22(24,25)19-10-16(18-6-3-9-32-18)28-20-11-17(29-30(19)20)21(31)26-8-7-13-12-27-15-5-2-1-4-14(13)15/h1-6,9,11-12,16,19,27-28H,7-8,10H2,(H,26,31)/t16-,19-/m0/s1. The molecule has 0 bridgehead atoms. The van der Waals surface area contributed by atoms with Gasteiger partial charge in [0.2, 0.25) is 0 Å². The Balaban J connectivity index is 1.31. The van der Waals surface area contributed by atoms with Crippen LogP contribution in [-0.4, -0.2) is 33.4 Å². The third-order valence-corrected chi connectivity index (χ3v) is 5.66. The maximum Gasteiger partial charge on any atom is 0.410 e. The summed E-state index contributed by atoms with van der Waals surface area (Å²) < 4.78 is 47.3. The van der Waals surface area contributed by atoms with Crippen LogP contribution in [0.2, 0.25) is 0 Å². The van der Waals surface area contributed by atoms with Crippen molar-refractivity contribution >= 4 is 22.6 Å². The van der Waals surface area contributed by atoms with Crippen LogP contribution in [0.3, 0.4) is 0 Å². The van der Waals surface area contributed by atoms with Crippen molar-refractivity contribution in [1.82, 2.24) is 20.1 Å². The fraction of sp³-hybridized carbons (Fsp3) is 0.273. The average Bonchev–Trinajstić information content (AvgIpc) is 3.51. The second-order valence-corrected chi connectivity index (χ2v) is 7.73. The third kappa shape index (κ3) is 3.72. The van der Waals surface area contributed by atoms with Gasteiger partial charge < -0.3 is 20.0 Å². The quantitative estimate of drug-likeness (QED) is 0.421. The molecule has 1 aliphatic rings. The maximum absolute atomic E-state index is 13.7. The smallest absolute Gasteiger partial charge is 0.410 e. The van der Waals surface area contributed by atoms with E-state index in [0.29, 0.717) is 18.7 Å². The molecule has 0 fully saturated rings. The summed E-state index contributed by atoms with van der Waals surface area (Å²) in [4.78, 5) is 15.8. The van der Waals surface area contributed by atoms with Crippen LogP contribution >= 0.6 is 0 Å². The summed E-state index contributed by atoms with van der Waals surface area (Å²) in [5.41, 5.74) is 1.98. The van der Waals surface area contributed by atoms with E-state index < -0.39 is 24.2 Å². The van der Waals surface area contributed by atoms with Crippen LogP contribution in [0.4, 0.5) is 19.0 Å². The maximum atomic E-state index is 13.7. The van der Waals surface area contributed by atoms with E-state index in [4.69, 9.17) is 4.42 Å². The molecule has 4 heterocycles. The van der Waals surface area contributed by atoms with Crippen molar-refractivity contribution in [2.24, 2.45) is 0 Å². The number of alkyl halides is 3. The highest BCUT2D eigenvalue weighted by Gasteiger charge is 2.47. The van der Waals surface area contributed by atoms with E-state index >= 15 is 0 Å². The number of aromatic nitrogens is 3. The number of rotatable bonds is 5. The number of benzene rings is 1. The number of hydrogen-bond donors (Lipinski definition) is 3. The topological polar surface area (TPSA) is 87.9 Å². The van der Waals surface area contributed by atoms with Gasteiger partial charge >= 0.3 is 6.18 Å². The van der Waals surface area contributed by atoms with E-state index in [1.54, 1.807) is 12.1 Å². The van der Waals surface area contributed by atoms with Gasteiger partial charge in [-0.15, -0.1) is 0 Å². The lowest BCUT2D eigenvalue weighted by Crippen LogP contribution is -2.35. The molecule has 4 aromatic rings. The first-order chi connectivity index (χ1) is 15.4. The zero-order valence-corrected chi connectivity index (χ0v) is 16.8. The van der Waals surface area contributed by atoms with Gasteiger partial charge in [-0.3, -0.25) is 4.79 Å². The largest absolute Gasteiger partial charge is 0.467 e. The first-order valence-corrected chi connectivity index (χ1v) is 10.2. The molecule has 0 saturated heterocycles. The Morgan fingerprint density at radius 3 is 2.88 bits per heavy atom. The van der Waals surface area contributed by atoms with Crippen molar-refractivity contribution in [2.75, 3.05) is 11.9 Å². The average molecular weight is 443 g/mol. The molecule has 1 amide bonds. The number of nitrogens with zero attached hydrogens (tertiary/aromatic N) is 2. The van der Waals surface area contributed by atoms with Gasteiger partial charge in [-0.05, 0) is 30.2 Å². The van der Waals surface area contributed by atoms with Crippen LogP contribution in [0.25, 0.3) is 10.9 Å². The van der Waals surface area contributed by atoms with E-state index in [2.05, 4.69) is 20.7 Å². The number of halogens is 3. The molecule has 2 atom stereocenters. The molecule has 3 N–H and O–H groups in total. The normalized spacial score (nSPS) is 18.3. The molecule has 0 radical (unpaired) electrons. The number of aromatic amines is 1. The van der Waals surface area contributed by atoms with Crippen molar-refractivity contribution < 1.29 is 22.4 Å². The van der Waals surface area contributed by atoms with Crippen LogP contribution in [0.5, 0.6) is 0 Å². The lowest BCUT2D eigenvalue weighted by Gasteiger charge is -2.32. The highest BCUT2D eigenvalue weighted by atomic mass is 19.4. The first kappa shape index (κ1) is 20.2. The lowest BCUT2D eigenvalue weighted by atomic mass is 10.0. The molecule has 0 unspecified atom stereocenters. The van der Waals surface area contributed by atoms with E-state index in [1.807, 2.05) is 30.5 Å². The van der Waals surface area contributed by atoms with Gasteiger partial charge in [0.1, 0.15) is 11.6 Å². The molecular formula is C22H20F3N5O2. The molecule has 32 heavy (non-hydrogen) atoms. The second-order valence-electron chi connectivity index (χ2n) is 7.73. The SMILES string of the molecule is O=C(NCCc1c[nH]c2ccccc12)c1cc2n(n1)[C@H](C(F)(F)F)C[C@@H](c1ccco1)N2. The minimum Gasteiger partial charge on any atom is -0.467 e. The molecule has 5 rings (SSSR count). The van der Waals surface area contributed by atoms with Gasteiger partial charge in [-0.25, -0.2) is 4.68 Å². The molecular weight excluding hydrogens is 423 g/mol. The van der Waals surface area contributed by atoms with Crippen LogP contribution in [-0.2, 0) is 6.42 Å². The highest BCUT2D eigenvalue weighted by Crippen LogP contribution is 2.43. The zero-order valence-electron chi connectivity index (χ0n) is 16.8. The van der Waals surface area contributed by atoms with Crippen molar-refractivity contribution in [3.8, 4) is 0 Å². The monoisotopic (exact) mass is 443 g/mol. The summed E-state index contributed by atoms with van der Waals surface area (Å²) in [6.45, 7) is 0.327. The number of nitrogens with one attached hydrogen (secondary N) is 3. The molecule has 0 saturated carbocycles. The van der Waals surface area contributed by atoms with Gasteiger partial charge in [-0.1, -0.05) is 18.2 Å². The van der Waals surface area contributed by atoms with Gasteiger partial charge in [0, 0.05) is 36.1 Å². The number of para-hydroxylation sites is 1. The van der Waals surface area contributed by atoms with E-state index in [1.165, 1.54) is 12.3 Å². The van der Waals surface area contributed by atoms with Gasteiger partial charge in [-0.2, -0.15) is 18.3 Å². The summed E-state index contributed by atoms with van der Waals surface area (Å²) in [5, 5.41) is 10.8. The number of carbonyl (C=O) groups excluding carboxylic acids is 1. The van der Waals surface area contributed by atoms with Gasteiger partial charge in [0.25, 0.3) is 5.91 Å². The Morgan fingerprint density at radius 2 is 2.09 bits per heavy atom. The molecule has 3 aromatic heterocycles. The first-order valence-electron chi connectivity index (χ1n) is 10.2. The third-order valence-electron chi connectivity index (χ3n) is 5.66. The van der Waals surface area contributed by atoms with Crippen LogP contribution in [0.1, 0.15) is 40.3 Å². The predicted molar refractivity (Wildman–Crippen MR) is 111 cm³/mol. The second kappa shape index (κ2) is 7.77. The number of furan rings is 1. The number of fused-ring (bicyclic) bond motifs is 2. The summed E-state index contributed by atoms with van der Waals surface area (Å²) in [6.07, 6.45) is -0.922. The van der Waals surface area contributed by atoms with E-state index in [9.17, 15) is 18.0 Å². The number of hydrogen-bond acceptors (Lipinski definition) is 4. The van der Waals surface area contributed by atoms with Crippen molar-refractivity contribution in [3.63, 3.8) is 0 Å². The fourth-order valence-electron chi connectivity index (χ4n) is 4.10. The number of amides is 1. The number of carbonyl (C=O) groups is 1. The molecule has 0 aliphatic carbocycles. The van der Waals surface area contributed by atoms with Crippen molar-refractivity contribution in [3.05, 3.63) is 71.9 Å². The Bertz CT molecular complexity index is 1240. The molecule has 1 aliphatic heterocycles. The van der Waals surface area contributed by atoms with Crippen molar-refractivity contribution in [2.45, 2.75) is 31.1 Å². The fourth-order valence-corrected chi connectivity index (χ4v) is 4.10. The van der Waals surface area contributed by atoms with Gasteiger partial charge in [0.05, 0.1) is 12.3 Å². The van der Waals surface area contributed by atoms with E-state index in [-0.39, 0.29) is 17.9 Å². The van der Waals surface area contributed by atoms with Crippen LogP contribution in [0.15, 0.2) is 59.3 Å². The number of anilines is 1. The molecule has 0 spiro atoms. The van der Waals surface area contributed by atoms with E-state index in [0.717, 1.165) is 21.1 Å². The Labute approximate surface area is 180 Å². The lowest BCUT2D eigenvalue weighted by molar-refractivity contribution is -0.174. The summed E-state index contributed by atoms with van der Waals surface area (Å²) >= 11 is 0. The number of H-pyrrole nitrogens is 1.